The zero-order chi connectivity index (χ0) is 13.6. The predicted octanol–water partition coefficient (Wildman–Crippen LogP) is 1.67. The molecule has 1 heterocycles. The lowest BCUT2D eigenvalue weighted by Crippen LogP contribution is -2.42. The zero-order valence-electron chi connectivity index (χ0n) is 11.9. The fourth-order valence-electron chi connectivity index (χ4n) is 1.94. The number of hydrogen-bond acceptors (Lipinski definition) is 4. The van der Waals surface area contributed by atoms with Gasteiger partial charge in [-0.05, 0) is 40.5 Å². The van der Waals surface area contributed by atoms with Crippen molar-refractivity contribution in [2.24, 2.45) is 0 Å². The molecule has 0 aromatic rings. The largest absolute Gasteiger partial charge is 0.444 e. The molecular formula is C13H26N2O3. The number of hydrogen-bond donors (Lipinski definition) is 2. The average Bonchev–Trinajstić information content (AvgIpc) is 2.22. The van der Waals surface area contributed by atoms with Crippen LogP contribution in [0.1, 0.15) is 40.5 Å². The molecule has 5 heteroatoms. The molecule has 106 valence electrons. The van der Waals surface area contributed by atoms with Crippen LogP contribution >= 0.6 is 0 Å². The molecule has 0 bridgehead atoms. The second kappa shape index (κ2) is 6.95. The Morgan fingerprint density at radius 3 is 2.72 bits per heavy atom. The highest BCUT2D eigenvalue weighted by Crippen LogP contribution is 2.12. The molecule has 2 N–H and O–H groups in total. The second-order valence-electron chi connectivity index (χ2n) is 5.79. The number of alkyl carbamates (subject to hydrolysis) is 1. The topological polar surface area (TPSA) is 59.6 Å². The van der Waals surface area contributed by atoms with E-state index in [1.807, 2.05) is 20.8 Å². The lowest BCUT2D eigenvalue weighted by Gasteiger charge is -2.28. The SMILES string of the molecule is CC1CC(NCCNC(=O)OC(C)(C)C)CCO1. The van der Waals surface area contributed by atoms with Crippen LogP contribution in [0.4, 0.5) is 4.79 Å². The van der Waals surface area contributed by atoms with Gasteiger partial charge in [0.1, 0.15) is 5.60 Å². The molecule has 1 fully saturated rings. The molecular weight excluding hydrogens is 232 g/mol. The maximum absolute atomic E-state index is 11.4. The Bertz CT molecular complexity index is 263. The van der Waals surface area contributed by atoms with Crippen LogP contribution in [-0.4, -0.2) is 43.5 Å². The van der Waals surface area contributed by atoms with E-state index in [4.69, 9.17) is 9.47 Å². The van der Waals surface area contributed by atoms with Gasteiger partial charge in [-0.15, -0.1) is 0 Å². The van der Waals surface area contributed by atoms with Gasteiger partial charge in [0, 0.05) is 25.7 Å². The van der Waals surface area contributed by atoms with Crippen molar-refractivity contribution in [3.05, 3.63) is 0 Å². The highest BCUT2D eigenvalue weighted by Gasteiger charge is 2.19. The third-order valence-electron chi connectivity index (χ3n) is 2.71. The molecule has 18 heavy (non-hydrogen) atoms. The van der Waals surface area contributed by atoms with Gasteiger partial charge < -0.3 is 20.1 Å². The lowest BCUT2D eigenvalue weighted by atomic mass is 10.0. The second-order valence-corrected chi connectivity index (χ2v) is 5.79. The summed E-state index contributed by atoms with van der Waals surface area (Å²) in [6.45, 7) is 9.82. The van der Waals surface area contributed by atoms with Crippen molar-refractivity contribution in [1.29, 1.82) is 0 Å². The predicted molar refractivity (Wildman–Crippen MR) is 70.7 cm³/mol. The van der Waals surface area contributed by atoms with E-state index in [0.29, 0.717) is 18.7 Å². The van der Waals surface area contributed by atoms with Crippen LogP contribution in [0.3, 0.4) is 0 Å². The number of rotatable bonds is 4. The van der Waals surface area contributed by atoms with E-state index in [9.17, 15) is 4.79 Å². The molecule has 1 rings (SSSR count). The van der Waals surface area contributed by atoms with E-state index in [-0.39, 0.29) is 6.09 Å². The van der Waals surface area contributed by atoms with Crippen LogP contribution in [0.25, 0.3) is 0 Å². The molecule has 0 aromatic heterocycles. The summed E-state index contributed by atoms with van der Waals surface area (Å²) in [5, 5.41) is 6.16. The van der Waals surface area contributed by atoms with Gasteiger partial charge in [0.2, 0.25) is 0 Å². The van der Waals surface area contributed by atoms with Crippen LogP contribution in [0.2, 0.25) is 0 Å². The van der Waals surface area contributed by atoms with Crippen molar-refractivity contribution in [2.75, 3.05) is 19.7 Å². The molecule has 1 aliphatic heterocycles. The van der Waals surface area contributed by atoms with Crippen molar-refractivity contribution in [2.45, 2.75) is 58.3 Å². The third kappa shape index (κ3) is 6.81. The van der Waals surface area contributed by atoms with Gasteiger partial charge in [-0.2, -0.15) is 0 Å². The molecule has 1 saturated heterocycles. The number of carbonyl (C=O) groups excluding carboxylic acids is 1. The van der Waals surface area contributed by atoms with Gasteiger partial charge in [0.05, 0.1) is 6.10 Å². The van der Waals surface area contributed by atoms with Crippen LogP contribution in [0.5, 0.6) is 0 Å². The number of nitrogens with one attached hydrogen (secondary N) is 2. The summed E-state index contributed by atoms with van der Waals surface area (Å²) in [4.78, 5) is 11.4. The highest BCUT2D eigenvalue weighted by molar-refractivity contribution is 5.67. The maximum Gasteiger partial charge on any atom is 0.407 e. The molecule has 0 saturated carbocycles. The van der Waals surface area contributed by atoms with Crippen LogP contribution in [0, 0.1) is 0 Å². The van der Waals surface area contributed by atoms with Gasteiger partial charge in [-0.1, -0.05) is 0 Å². The Hall–Kier alpha value is -0.810. The average molecular weight is 258 g/mol. The quantitative estimate of drug-likeness (QED) is 0.753. The Labute approximate surface area is 110 Å². The summed E-state index contributed by atoms with van der Waals surface area (Å²) in [5.41, 5.74) is -0.437. The maximum atomic E-state index is 11.4. The first kappa shape index (κ1) is 15.2. The van der Waals surface area contributed by atoms with Gasteiger partial charge >= 0.3 is 6.09 Å². The summed E-state index contributed by atoms with van der Waals surface area (Å²) >= 11 is 0. The summed E-state index contributed by atoms with van der Waals surface area (Å²) < 4.78 is 10.6. The normalized spacial score (nSPS) is 24.7. The van der Waals surface area contributed by atoms with Crippen LogP contribution < -0.4 is 10.6 Å². The van der Waals surface area contributed by atoms with E-state index in [1.165, 1.54) is 0 Å². The number of ether oxygens (including phenoxy) is 2. The number of amides is 1. The highest BCUT2D eigenvalue weighted by atomic mass is 16.6. The Morgan fingerprint density at radius 2 is 2.11 bits per heavy atom. The molecule has 2 atom stereocenters. The number of carbonyl (C=O) groups is 1. The van der Waals surface area contributed by atoms with Gasteiger partial charge in [-0.25, -0.2) is 4.79 Å². The van der Waals surface area contributed by atoms with Crippen molar-refractivity contribution in [3.63, 3.8) is 0 Å². The molecule has 0 aliphatic carbocycles. The molecule has 0 spiro atoms. The Morgan fingerprint density at radius 1 is 1.39 bits per heavy atom. The minimum Gasteiger partial charge on any atom is -0.444 e. The van der Waals surface area contributed by atoms with Crippen molar-refractivity contribution < 1.29 is 14.3 Å². The van der Waals surface area contributed by atoms with Crippen LogP contribution in [0.15, 0.2) is 0 Å². The Balaban J connectivity index is 2.06. The molecule has 0 radical (unpaired) electrons. The van der Waals surface area contributed by atoms with Crippen molar-refractivity contribution >= 4 is 6.09 Å². The lowest BCUT2D eigenvalue weighted by molar-refractivity contribution is 0.0133. The van der Waals surface area contributed by atoms with E-state index < -0.39 is 5.60 Å². The summed E-state index contributed by atoms with van der Waals surface area (Å²) in [6.07, 6.45) is 2.04. The molecule has 1 aliphatic rings. The minimum atomic E-state index is -0.437. The summed E-state index contributed by atoms with van der Waals surface area (Å²) in [5.74, 6) is 0. The van der Waals surface area contributed by atoms with E-state index in [1.54, 1.807) is 0 Å². The van der Waals surface area contributed by atoms with Crippen molar-refractivity contribution in [1.82, 2.24) is 10.6 Å². The first-order valence-corrected chi connectivity index (χ1v) is 6.68. The summed E-state index contributed by atoms with van der Waals surface area (Å²) in [7, 11) is 0. The third-order valence-corrected chi connectivity index (χ3v) is 2.71. The van der Waals surface area contributed by atoms with Gasteiger partial charge in [0.25, 0.3) is 0 Å². The van der Waals surface area contributed by atoms with Gasteiger partial charge in [0.15, 0.2) is 0 Å². The smallest absolute Gasteiger partial charge is 0.407 e. The molecule has 0 aromatic carbocycles. The molecule has 5 nitrogen and oxygen atoms in total. The molecule has 1 amide bonds. The fraction of sp³-hybridized carbons (Fsp3) is 0.923. The van der Waals surface area contributed by atoms with E-state index in [2.05, 4.69) is 17.6 Å². The first-order chi connectivity index (χ1) is 8.37. The van der Waals surface area contributed by atoms with Crippen LogP contribution in [-0.2, 0) is 9.47 Å². The fourth-order valence-corrected chi connectivity index (χ4v) is 1.94. The minimum absolute atomic E-state index is 0.329. The molecule has 2 unspecified atom stereocenters. The van der Waals surface area contributed by atoms with Gasteiger partial charge in [-0.3, -0.25) is 0 Å². The first-order valence-electron chi connectivity index (χ1n) is 6.68. The van der Waals surface area contributed by atoms with E-state index >= 15 is 0 Å². The monoisotopic (exact) mass is 258 g/mol. The standard InChI is InChI=1S/C13H26N2O3/c1-10-9-11(5-8-17-10)14-6-7-15-12(16)18-13(2,3)4/h10-11,14H,5-9H2,1-4H3,(H,15,16). The zero-order valence-corrected chi connectivity index (χ0v) is 11.9. The summed E-state index contributed by atoms with van der Waals surface area (Å²) in [6, 6.07) is 0.495. The van der Waals surface area contributed by atoms with Crippen molar-refractivity contribution in [3.8, 4) is 0 Å². The van der Waals surface area contributed by atoms with E-state index in [0.717, 1.165) is 26.0 Å². The Kier molecular flexibility index (Phi) is 5.88.